The first kappa shape index (κ1) is 46.5. The summed E-state index contributed by atoms with van der Waals surface area (Å²) in [5, 5.41) is -1.62. The van der Waals surface area contributed by atoms with E-state index in [1.54, 1.807) is 0 Å². The summed E-state index contributed by atoms with van der Waals surface area (Å²) in [6.07, 6.45) is -2.25. The first-order chi connectivity index (χ1) is 33.5. The Morgan fingerprint density at radius 2 is 0.690 bits per heavy atom. The molecule has 0 saturated carbocycles. The number of H-pyrrole nitrogens is 3. The fourth-order valence-corrected chi connectivity index (χ4v) is 8.59. The second-order valence-electron chi connectivity index (χ2n) is 15.4. The van der Waals surface area contributed by atoms with Crippen molar-refractivity contribution in [3.63, 3.8) is 0 Å². The average Bonchev–Trinajstić information content (AvgIpc) is 4.19. The number of allylic oxidation sites excluding steroid dienone is 2. The first-order valence-corrected chi connectivity index (χ1v) is 19.4. The van der Waals surface area contributed by atoms with Gasteiger partial charge in [0.2, 0.25) is 23.3 Å². The van der Waals surface area contributed by atoms with Crippen LogP contribution in [0.4, 0.5) is 87.8 Å². The van der Waals surface area contributed by atoms with Crippen molar-refractivity contribution in [2.75, 3.05) is 0 Å². The molecule has 7 aromatic rings. The topological polar surface area (TPSA) is 76.9 Å². The van der Waals surface area contributed by atoms with Crippen LogP contribution >= 0.6 is 0 Å². The SMILES string of the molecule is O=C1ON2C3=C(c4c(F)c(F)c(F)c(F)c4F)c4ccc([nH]4)C(c4c(F)c(F)c(F)c(F)c4F)=c4ccc([nH]4)=C1c1cc(-c4c(F)c(F)c(F)c(F)c4F)c([nH]1)C(c1c(F)c(F)c(F)c(F)c1F)=C2CC3. The Kier molecular flexibility index (Phi) is 10.4. The van der Waals surface area contributed by atoms with Gasteiger partial charge in [-0.15, -0.1) is 0 Å². The number of rotatable bonds is 4. The number of benzene rings is 4. The minimum Gasteiger partial charge on any atom is -0.354 e. The summed E-state index contributed by atoms with van der Waals surface area (Å²) >= 11 is 0. The van der Waals surface area contributed by atoms with E-state index in [2.05, 4.69) is 15.0 Å². The number of hydrogen-bond donors (Lipinski definition) is 3. The van der Waals surface area contributed by atoms with E-state index < -0.39 is 230 Å². The Hall–Kier alpha value is -8.19. The molecule has 4 aromatic carbocycles. The van der Waals surface area contributed by atoms with Gasteiger partial charge in [0.05, 0.1) is 50.4 Å². The predicted molar refractivity (Wildman–Crippen MR) is 199 cm³/mol. The molecule has 3 aliphatic rings. The van der Waals surface area contributed by atoms with Crippen LogP contribution in [0.3, 0.4) is 0 Å². The maximum Gasteiger partial charge on any atom is 0.367 e. The predicted octanol–water partition coefficient (Wildman–Crippen LogP) is 10.7. The van der Waals surface area contributed by atoms with Crippen LogP contribution in [0.15, 0.2) is 41.7 Å². The Labute approximate surface area is 377 Å². The van der Waals surface area contributed by atoms with Gasteiger partial charge < -0.3 is 19.8 Å². The number of nitrogens with zero attached hydrogens (tertiary/aromatic N) is 1. The largest absolute Gasteiger partial charge is 0.367 e. The van der Waals surface area contributed by atoms with Crippen molar-refractivity contribution in [1.82, 2.24) is 20.0 Å². The van der Waals surface area contributed by atoms with Crippen molar-refractivity contribution in [2.24, 2.45) is 0 Å². The van der Waals surface area contributed by atoms with E-state index in [0.717, 1.165) is 12.1 Å². The Morgan fingerprint density at radius 3 is 1.13 bits per heavy atom. The maximum absolute atomic E-state index is 16.2. The number of hydrogen-bond acceptors (Lipinski definition) is 3. The molecular formula is C45H12F20N4O2. The molecule has 10 rings (SSSR count). The maximum atomic E-state index is 16.2. The van der Waals surface area contributed by atoms with Gasteiger partial charge in [0.25, 0.3) is 0 Å². The molecule has 26 heteroatoms. The molecular weight excluding hydrogens is 1010 g/mol. The van der Waals surface area contributed by atoms with Crippen molar-refractivity contribution in [1.29, 1.82) is 0 Å². The lowest BCUT2D eigenvalue weighted by Crippen LogP contribution is -2.28. The smallest absolute Gasteiger partial charge is 0.354 e. The molecule has 3 aromatic heterocycles. The second kappa shape index (κ2) is 15.9. The lowest BCUT2D eigenvalue weighted by Gasteiger charge is -2.26. The summed E-state index contributed by atoms with van der Waals surface area (Å²) in [6.45, 7) is 0. The van der Waals surface area contributed by atoms with Gasteiger partial charge in [0.15, 0.2) is 93.1 Å². The van der Waals surface area contributed by atoms with Crippen LogP contribution in [0.2, 0.25) is 0 Å². The second-order valence-corrected chi connectivity index (χ2v) is 15.4. The van der Waals surface area contributed by atoms with Gasteiger partial charge in [-0.3, -0.25) is 0 Å². The number of carbonyl (C=O) groups excluding carboxylic acids is 1. The molecule has 8 bridgehead atoms. The summed E-state index contributed by atoms with van der Waals surface area (Å²) in [6, 6.07) is 3.17. The molecule has 0 unspecified atom stereocenters. The molecule has 6 heterocycles. The third-order valence-corrected chi connectivity index (χ3v) is 11.7. The number of halogens is 20. The summed E-state index contributed by atoms with van der Waals surface area (Å²) in [4.78, 5) is 27.2. The first-order valence-electron chi connectivity index (χ1n) is 19.4. The molecule has 6 nitrogen and oxygen atoms in total. The van der Waals surface area contributed by atoms with E-state index in [0.29, 0.717) is 18.2 Å². The van der Waals surface area contributed by atoms with Crippen LogP contribution in [-0.4, -0.2) is 26.0 Å². The minimum atomic E-state index is -2.83. The third kappa shape index (κ3) is 6.34. The highest BCUT2D eigenvalue weighted by atomic mass is 19.2. The molecule has 0 aliphatic carbocycles. The average molecular weight is 1020 g/mol. The summed E-state index contributed by atoms with van der Waals surface area (Å²) in [5.74, 6) is -56.0. The van der Waals surface area contributed by atoms with Crippen LogP contribution < -0.4 is 10.7 Å². The van der Waals surface area contributed by atoms with E-state index in [1.165, 1.54) is 0 Å². The van der Waals surface area contributed by atoms with Gasteiger partial charge in [-0.05, 0) is 43.2 Å². The Morgan fingerprint density at radius 1 is 0.352 bits per heavy atom. The number of hydroxylamine groups is 2. The summed E-state index contributed by atoms with van der Waals surface area (Å²) < 4.78 is 307. The van der Waals surface area contributed by atoms with Crippen LogP contribution in [-0.2, 0) is 9.63 Å². The lowest BCUT2D eigenvalue weighted by molar-refractivity contribution is -0.164. The quantitative estimate of drug-likeness (QED) is 0.0934. The number of nitrogens with one attached hydrogen (secondary N) is 3. The molecule has 3 N–H and O–H groups in total. The van der Waals surface area contributed by atoms with Gasteiger partial charge in [-0.25, -0.2) is 92.6 Å². The standard InChI is InChI=1S/C45H12F20N4O2/c46-24-16(25(47)33(55)40(62)32(24)54)8-7-13-18-11-3-1-9(66-11)17(21-26(48)34(56)41(63)35(57)27(21)49)10-2-4-12(67-10)19(22-28(50)36(58)42(64)37(59)29(22)51)14-5-6-15(69(14)71-45(18)70)20(44(8)68-13)23-30(52)38(60)43(65)39(61)31(23)53/h1-4,7,66-68H,5-6H2. The molecule has 0 spiro atoms. The van der Waals surface area contributed by atoms with Crippen LogP contribution in [0.25, 0.3) is 33.4 Å². The molecule has 1 saturated heterocycles. The molecule has 71 heavy (non-hydrogen) atoms. The van der Waals surface area contributed by atoms with E-state index >= 15 is 61.5 Å². The van der Waals surface area contributed by atoms with E-state index in [1.807, 2.05) is 0 Å². The van der Waals surface area contributed by atoms with Gasteiger partial charge >= 0.3 is 5.97 Å². The fourth-order valence-electron chi connectivity index (χ4n) is 8.59. The molecule has 1 fully saturated rings. The zero-order valence-electron chi connectivity index (χ0n) is 33.6. The zero-order chi connectivity index (χ0) is 51.3. The van der Waals surface area contributed by atoms with Crippen molar-refractivity contribution in [3.05, 3.63) is 208 Å². The monoisotopic (exact) mass is 1020 g/mol. The van der Waals surface area contributed by atoms with Crippen molar-refractivity contribution < 1.29 is 97.4 Å². The van der Waals surface area contributed by atoms with Crippen molar-refractivity contribution in [3.8, 4) is 11.1 Å². The number of aromatic amines is 3. The van der Waals surface area contributed by atoms with E-state index in [4.69, 9.17) is 4.84 Å². The highest BCUT2D eigenvalue weighted by Crippen LogP contribution is 2.50. The third-order valence-electron chi connectivity index (χ3n) is 11.7. The van der Waals surface area contributed by atoms with Gasteiger partial charge in [0.1, 0.15) is 5.57 Å². The molecule has 3 aliphatic heterocycles. The van der Waals surface area contributed by atoms with Crippen LogP contribution in [0.5, 0.6) is 0 Å². The summed E-state index contributed by atoms with van der Waals surface area (Å²) in [5.41, 5.74) is -21.2. The fraction of sp³-hybridized carbons (Fsp3) is 0.0444. The Bertz CT molecular complexity index is 3730. The molecule has 364 valence electrons. The van der Waals surface area contributed by atoms with Crippen LogP contribution in [0, 0.1) is 116 Å². The van der Waals surface area contributed by atoms with Gasteiger partial charge in [-0.1, -0.05) is 0 Å². The van der Waals surface area contributed by atoms with Gasteiger partial charge in [0, 0.05) is 39.0 Å². The number of aromatic nitrogens is 3. The van der Waals surface area contributed by atoms with Crippen molar-refractivity contribution in [2.45, 2.75) is 12.8 Å². The molecule has 0 radical (unpaired) electrons. The molecule has 0 atom stereocenters. The normalized spacial score (nSPS) is 14.6. The highest BCUT2D eigenvalue weighted by molar-refractivity contribution is 6.16. The number of carbonyl (C=O) groups is 1. The van der Waals surface area contributed by atoms with Gasteiger partial charge in [-0.2, -0.15) is 5.06 Å². The molecule has 0 amide bonds. The van der Waals surface area contributed by atoms with Crippen molar-refractivity contribution >= 4 is 28.3 Å². The number of fused-ring (bicyclic) bond motifs is 9. The van der Waals surface area contributed by atoms with E-state index in [-0.39, 0.29) is 5.06 Å². The van der Waals surface area contributed by atoms with E-state index in [9.17, 15) is 31.1 Å². The van der Waals surface area contributed by atoms with Crippen LogP contribution in [0.1, 0.15) is 52.3 Å². The zero-order valence-corrected chi connectivity index (χ0v) is 33.6. The lowest BCUT2D eigenvalue weighted by atomic mass is 9.92. The summed E-state index contributed by atoms with van der Waals surface area (Å²) in [7, 11) is 0. The highest BCUT2D eigenvalue weighted by Gasteiger charge is 2.44. The minimum absolute atomic E-state index is 0.0217. The Balaban J connectivity index is 1.48.